The van der Waals surface area contributed by atoms with E-state index in [1.807, 2.05) is 0 Å². The molecule has 0 saturated carbocycles. The predicted molar refractivity (Wildman–Crippen MR) is 76.4 cm³/mol. The molecule has 1 aromatic rings. The van der Waals surface area contributed by atoms with E-state index in [4.69, 9.17) is 6.42 Å². The lowest BCUT2D eigenvalue weighted by molar-refractivity contribution is -0.143. The summed E-state index contributed by atoms with van der Waals surface area (Å²) in [7, 11) is 0. The van der Waals surface area contributed by atoms with Crippen LogP contribution in [0.4, 0.5) is 4.39 Å². The maximum absolute atomic E-state index is 14.1. The van der Waals surface area contributed by atoms with Gasteiger partial charge in [0.05, 0.1) is 9.89 Å². The number of halogens is 2. The van der Waals surface area contributed by atoms with Crippen LogP contribution in [0.25, 0.3) is 0 Å². The number of unbranched alkanes of at least 4 members (excludes halogenated alkanes) is 2. The van der Waals surface area contributed by atoms with Gasteiger partial charge in [0.2, 0.25) is 0 Å². The topological polar surface area (TPSA) is 37.3 Å². The Kier molecular flexibility index (Phi) is 5.56. The van der Waals surface area contributed by atoms with E-state index in [1.165, 1.54) is 6.07 Å². The molecule has 1 unspecified atom stereocenters. The predicted octanol–water partition coefficient (Wildman–Crippen LogP) is 4.12. The molecule has 0 radical (unpaired) electrons. The van der Waals surface area contributed by atoms with Crippen molar-refractivity contribution in [1.82, 2.24) is 0 Å². The quantitative estimate of drug-likeness (QED) is 0.630. The summed E-state index contributed by atoms with van der Waals surface area (Å²) in [6, 6.07) is 4.72. The van der Waals surface area contributed by atoms with Crippen molar-refractivity contribution in [3.63, 3.8) is 0 Å². The zero-order valence-electron chi connectivity index (χ0n) is 10.7. The van der Waals surface area contributed by atoms with Crippen molar-refractivity contribution < 1.29 is 14.3 Å². The van der Waals surface area contributed by atoms with E-state index in [0.29, 0.717) is 19.3 Å². The summed E-state index contributed by atoms with van der Waals surface area (Å²) in [6.45, 7) is 1.55. The van der Waals surface area contributed by atoms with Crippen LogP contribution in [0.15, 0.2) is 22.7 Å². The van der Waals surface area contributed by atoms with Gasteiger partial charge in [0.15, 0.2) is 0 Å². The second kappa shape index (κ2) is 6.72. The van der Waals surface area contributed by atoms with Crippen LogP contribution in [-0.2, 0) is 10.2 Å². The minimum absolute atomic E-state index is 0.204. The van der Waals surface area contributed by atoms with Crippen molar-refractivity contribution in [2.45, 2.75) is 38.0 Å². The number of terminal acetylenes is 1. The molecule has 0 amide bonds. The number of benzene rings is 1. The number of hydrogen-bond donors (Lipinski definition) is 1. The second-order valence-corrected chi connectivity index (χ2v) is 5.50. The highest BCUT2D eigenvalue weighted by Crippen LogP contribution is 2.34. The summed E-state index contributed by atoms with van der Waals surface area (Å²) in [5.74, 6) is 0.982. The fourth-order valence-corrected chi connectivity index (χ4v) is 2.36. The van der Waals surface area contributed by atoms with Gasteiger partial charge in [-0.3, -0.25) is 4.79 Å². The van der Waals surface area contributed by atoms with Gasteiger partial charge < -0.3 is 5.11 Å². The van der Waals surface area contributed by atoms with Gasteiger partial charge >= 0.3 is 5.97 Å². The average molecular weight is 327 g/mol. The highest BCUT2D eigenvalue weighted by atomic mass is 79.9. The van der Waals surface area contributed by atoms with Crippen LogP contribution >= 0.6 is 15.9 Å². The second-order valence-electron chi connectivity index (χ2n) is 4.65. The Morgan fingerprint density at radius 2 is 2.21 bits per heavy atom. The van der Waals surface area contributed by atoms with Crippen molar-refractivity contribution in [2.24, 2.45) is 0 Å². The van der Waals surface area contributed by atoms with Crippen LogP contribution in [0.5, 0.6) is 0 Å². The van der Waals surface area contributed by atoms with Gasteiger partial charge in [0, 0.05) is 12.0 Å². The minimum atomic E-state index is -1.23. The summed E-state index contributed by atoms with van der Waals surface area (Å²) in [4.78, 5) is 11.5. The Morgan fingerprint density at radius 3 is 2.79 bits per heavy atom. The molecule has 1 aromatic carbocycles. The monoisotopic (exact) mass is 326 g/mol. The summed E-state index contributed by atoms with van der Waals surface area (Å²) < 4.78 is 14.4. The molecule has 0 aromatic heterocycles. The number of hydrogen-bond acceptors (Lipinski definition) is 1. The van der Waals surface area contributed by atoms with Crippen LogP contribution < -0.4 is 0 Å². The summed E-state index contributed by atoms with van der Waals surface area (Å²) in [6.07, 6.45) is 7.52. The molecule has 0 aliphatic carbocycles. The molecule has 0 bridgehead atoms. The molecule has 1 atom stereocenters. The van der Waals surface area contributed by atoms with Crippen LogP contribution in [0.1, 0.15) is 38.2 Å². The zero-order chi connectivity index (χ0) is 14.5. The first-order chi connectivity index (χ1) is 8.93. The highest BCUT2D eigenvalue weighted by Gasteiger charge is 2.37. The van der Waals surface area contributed by atoms with E-state index in [1.54, 1.807) is 19.1 Å². The smallest absolute Gasteiger partial charge is 0.313 e. The Morgan fingerprint density at radius 1 is 1.53 bits per heavy atom. The first-order valence-corrected chi connectivity index (χ1v) is 6.84. The van der Waals surface area contributed by atoms with Crippen molar-refractivity contribution in [2.75, 3.05) is 0 Å². The molecule has 1 rings (SSSR count). The normalized spacial score (nSPS) is 13.6. The molecule has 0 saturated heterocycles. The van der Waals surface area contributed by atoms with Gasteiger partial charge in [-0.05, 0) is 41.8 Å². The number of aliphatic carboxylic acids is 1. The number of carbonyl (C=O) groups is 1. The first kappa shape index (κ1) is 15.7. The van der Waals surface area contributed by atoms with Crippen molar-refractivity contribution in [1.29, 1.82) is 0 Å². The highest BCUT2D eigenvalue weighted by molar-refractivity contribution is 9.10. The van der Waals surface area contributed by atoms with Crippen LogP contribution in [-0.4, -0.2) is 11.1 Å². The van der Waals surface area contributed by atoms with Crippen LogP contribution in [0.3, 0.4) is 0 Å². The molecule has 102 valence electrons. The fraction of sp³-hybridized carbons (Fsp3) is 0.400. The van der Waals surface area contributed by atoms with E-state index in [9.17, 15) is 14.3 Å². The molecule has 0 spiro atoms. The first-order valence-electron chi connectivity index (χ1n) is 6.05. The van der Waals surface area contributed by atoms with Gasteiger partial charge in [-0.15, -0.1) is 12.3 Å². The van der Waals surface area contributed by atoms with E-state index >= 15 is 0 Å². The van der Waals surface area contributed by atoms with Gasteiger partial charge in [0.25, 0.3) is 0 Å². The third-order valence-corrected chi connectivity index (χ3v) is 3.88. The largest absolute Gasteiger partial charge is 0.481 e. The molecule has 19 heavy (non-hydrogen) atoms. The average Bonchev–Trinajstić information content (AvgIpc) is 2.37. The Bertz CT molecular complexity index is 507. The fourth-order valence-electron chi connectivity index (χ4n) is 1.99. The van der Waals surface area contributed by atoms with E-state index in [0.717, 1.165) is 6.42 Å². The summed E-state index contributed by atoms with van der Waals surface area (Å²) in [5, 5.41) is 9.44. The lowest BCUT2D eigenvalue weighted by Gasteiger charge is -2.26. The molecule has 0 aliphatic rings. The lowest BCUT2D eigenvalue weighted by Crippen LogP contribution is -2.33. The van der Waals surface area contributed by atoms with E-state index in [2.05, 4.69) is 21.9 Å². The van der Waals surface area contributed by atoms with Crippen molar-refractivity contribution >= 4 is 21.9 Å². The number of carboxylic acid groups (broad SMARTS) is 1. The molecular weight excluding hydrogens is 311 g/mol. The van der Waals surface area contributed by atoms with Crippen LogP contribution in [0.2, 0.25) is 0 Å². The molecule has 0 aliphatic heterocycles. The zero-order valence-corrected chi connectivity index (χ0v) is 12.3. The molecule has 1 N–H and O–H groups in total. The van der Waals surface area contributed by atoms with Crippen molar-refractivity contribution in [3.8, 4) is 12.3 Å². The SMILES string of the molecule is C#CCCCCC(C)(C(=O)O)c1cccc(Br)c1F. The van der Waals surface area contributed by atoms with Crippen LogP contribution in [0, 0.1) is 18.2 Å². The van der Waals surface area contributed by atoms with E-state index in [-0.39, 0.29) is 10.0 Å². The standard InChI is InChI=1S/C15H16BrFO2/c1-3-4-5-6-10-15(2,14(18)19)11-8-7-9-12(16)13(11)17/h1,7-9H,4-6,10H2,2H3,(H,18,19). The summed E-state index contributed by atoms with van der Waals surface area (Å²) >= 11 is 3.09. The Labute approximate surface area is 121 Å². The van der Waals surface area contributed by atoms with Gasteiger partial charge in [-0.1, -0.05) is 18.6 Å². The maximum atomic E-state index is 14.1. The molecule has 0 heterocycles. The van der Waals surface area contributed by atoms with Gasteiger partial charge in [-0.2, -0.15) is 0 Å². The molecule has 2 nitrogen and oxygen atoms in total. The molecule has 0 fully saturated rings. The Hall–Kier alpha value is -1.34. The van der Waals surface area contributed by atoms with Gasteiger partial charge in [0.1, 0.15) is 5.82 Å². The summed E-state index contributed by atoms with van der Waals surface area (Å²) in [5.41, 5.74) is -1.03. The Balaban J connectivity index is 3.02. The number of carboxylic acids is 1. The van der Waals surface area contributed by atoms with Gasteiger partial charge in [-0.25, -0.2) is 4.39 Å². The van der Waals surface area contributed by atoms with E-state index < -0.39 is 17.2 Å². The minimum Gasteiger partial charge on any atom is -0.481 e. The number of rotatable bonds is 6. The molecular formula is C15H16BrFO2. The third kappa shape index (κ3) is 3.57. The molecule has 4 heteroatoms. The van der Waals surface area contributed by atoms with Crippen molar-refractivity contribution in [3.05, 3.63) is 34.1 Å². The lowest BCUT2D eigenvalue weighted by atomic mass is 9.78. The third-order valence-electron chi connectivity index (χ3n) is 3.27. The maximum Gasteiger partial charge on any atom is 0.313 e.